The number of H-pyrrole nitrogens is 2. The van der Waals surface area contributed by atoms with Gasteiger partial charge in [-0.05, 0) is 31.2 Å². The summed E-state index contributed by atoms with van der Waals surface area (Å²) in [5, 5.41) is 7.20. The number of ketones is 1. The number of imidazole rings is 1. The predicted octanol–water partition coefficient (Wildman–Crippen LogP) is 4.61. The molecule has 4 N–H and O–H groups in total. The topological polar surface area (TPSA) is 139 Å². The van der Waals surface area contributed by atoms with Gasteiger partial charge in [0.15, 0.2) is 17.3 Å². The van der Waals surface area contributed by atoms with Crippen molar-refractivity contribution in [2.24, 2.45) is 0 Å². The molecular weight excluding hydrogens is 455 g/mol. The third kappa shape index (κ3) is 3.13. The molecule has 6 rings (SSSR count). The molecule has 0 spiro atoms. The zero-order chi connectivity index (χ0) is 23.4. The number of aromatic nitrogens is 7. The lowest BCUT2D eigenvalue weighted by Crippen LogP contribution is -1.93. The number of carbonyl (C=O) groups excluding carboxylic acids is 1. The molecule has 11 heteroatoms. The van der Waals surface area contributed by atoms with Gasteiger partial charge < -0.3 is 10.7 Å². The highest BCUT2D eigenvalue weighted by atomic mass is 32.1. The summed E-state index contributed by atoms with van der Waals surface area (Å²) in [5.74, 6) is -0.132. The van der Waals surface area contributed by atoms with Gasteiger partial charge in [-0.15, -0.1) is 11.3 Å². The fraction of sp³-hybridized carbons (Fsp3) is 0.0435. The monoisotopic (exact) mass is 470 g/mol. The highest BCUT2D eigenvalue weighted by Gasteiger charge is 2.21. The number of hydrogen-bond donors (Lipinski definition) is 3. The first-order valence-corrected chi connectivity index (χ1v) is 11.0. The molecule has 0 aromatic carbocycles. The lowest BCUT2D eigenvalue weighted by atomic mass is 10.1. The molecule has 0 bridgehead atoms. The third-order valence-corrected chi connectivity index (χ3v) is 6.61. The van der Waals surface area contributed by atoms with Crippen molar-refractivity contribution >= 4 is 44.9 Å². The minimum Gasteiger partial charge on any atom is -0.397 e. The normalized spacial score (nSPS) is 11.5. The van der Waals surface area contributed by atoms with E-state index in [1.165, 1.54) is 36.9 Å². The number of rotatable bonds is 4. The summed E-state index contributed by atoms with van der Waals surface area (Å²) in [7, 11) is 0. The second kappa shape index (κ2) is 7.52. The van der Waals surface area contributed by atoms with Crippen LogP contribution in [-0.4, -0.2) is 40.9 Å². The Morgan fingerprint density at radius 1 is 1.15 bits per heavy atom. The zero-order valence-electron chi connectivity index (χ0n) is 17.6. The first-order valence-electron chi connectivity index (χ1n) is 10.2. The molecule has 34 heavy (non-hydrogen) atoms. The maximum atomic E-state index is 15.7. The number of carbonyl (C=O) groups is 1. The Kier molecular flexibility index (Phi) is 4.45. The summed E-state index contributed by atoms with van der Waals surface area (Å²) in [5.41, 5.74) is 9.52. The van der Waals surface area contributed by atoms with E-state index in [0.29, 0.717) is 44.4 Å². The van der Waals surface area contributed by atoms with Crippen molar-refractivity contribution < 1.29 is 9.18 Å². The van der Waals surface area contributed by atoms with Crippen LogP contribution in [0.1, 0.15) is 16.6 Å². The van der Waals surface area contributed by atoms with Gasteiger partial charge in [-0.1, -0.05) is 0 Å². The van der Waals surface area contributed by atoms with Crippen LogP contribution >= 0.6 is 11.3 Å². The second-order valence-electron chi connectivity index (χ2n) is 7.65. The number of anilines is 1. The van der Waals surface area contributed by atoms with E-state index in [0.717, 1.165) is 4.88 Å². The number of halogens is 1. The van der Waals surface area contributed by atoms with Crippen LogP contribution in [0.4, 0.5) is 10.1 Å². The van der Waals surface area contributed by atoms with Crippen molar-refractivity contribution in [2.45, 2.75) is 6.92 Å². The molecule has 0 aliphatic carbocycles. The summed E-state index contributed by atoms with van der Waals surface area (Å²) in [4.78, 5) is 33.9. The Labute approximate surface area is 194 Å². The average molecular weight is 470 g/mol. The van der Waals surface area contributed by atoms with E-state index < -0.39 is 5.82 Å². The lowest BCUT2D eigenvalue weighted by Gasteiger charge is -2.05. The Morgan fingerprint density at radius 3 is 2.82 bits per heavy atom. The van der Waals surface area contributed by atoms with Gasteiger partial charge in [0.2, 0.25) is 0 Å². The van der Waals surface area contributed by atoms with E-state index in [9.17, 15) is 4.79 Å². The van der Waals surface area contributed by atoms with Gasteiger partial charge in [0, 0.05) is 35.9 Å². The molecule has 166 valence electrons. The van der Waals surface area contributed by atoms with Crippen LogP contribution in [0.3, 0.4) is 0 Å². The molecule has 0 unspecified atom stereocenters. The van der Waals surface area contributed by atoms with E-state index in [2.05, 4.69) is 30.1 Å². The van der Waals surface area contributed by atoms with Crippen LogP contribution < -0.4 is 5.73 Å². The van der Waals surface area contributed by atoms with Crippen molar-refractivity contribution in [2.75, 3.05) is 5.73 Å². The van der Waals surface area contributed by atoms with Gasteiger partial charge in [-0.2, -0.15) is 5.10 Å². The number of thiophene rings is 1. The largest absolute Gasteiger partial charge is 0.397 e. The molecule has 0 radical (unpaired) electrons. The van der Waals surface area contributed by atoms with Gasteiger partial charge in [0.05, 0.1) is 26.3 Å². The number of fused-ring (bicyclic) bond motifs is 2. The van der Waals surface area contributed by atoms with Crippen LogP contribution in [0, 0.1) is 5.82 Å². The Hall–Kier alpha value is -4.51. The Balaban J connectivity index is 1.52. The maximum Gasteiger partial charge on any atom is 0.184 e. The van der Waals surface area contributed by atoms with Gasteiger partial charge in [0.1, 0.15) is 22.7 Å². The highest BCUT2D eigenvalue weighted by Crippen LogP contribution is 2.35. The molecule has 0 aliphatic heterocycles. The van der Waals surface area contributed by atoms with Crippen LogP contribution in [0.25, 0.3) is 55.3 Å². The molecule has 0 saturated heterocycles. The fourth-order valence-electron chi connectivity index (χ4n) is 3.82. The minimum absolute atomic E-state index is 0.00998. The minimum atomic E-state index is -0.510. The number of nitrogens with one attached hydrogen (secondary N) is 2. The lowest BCUT2D eigenvalue weighted by molar-refractivity contribution is 0.102. The quantitative estimate of drug-likeness (QED) is 0.320. The smallest absolute Gasteiger partial charge is 0.184 e. The standard InChI is InChI=1S/C23H15FN8OS/c1-10(33)15-2-3-16(34-15)20-19-14(4-5-27-20)29-23(30-19)21-17-18(24)13(9-28-22(17)32-31-21)11-6-12(25)8-26-7-11/h2-9H,25H2,1H3,(H,29,30)(H,28,31,32). The molecule has 6 heterocycles. The summed E-state index contributed by atoms with van der Waals surface area (Å²) in [6.07, 6.45) is 6.08. The van der Waals surface area contributed by atoms with E-state index >= 15 is 4.39 Å². The number of nitrogen functional groups attached to an aromatic ring is 1. The Bertz CT molecular complexity index is 1730. The van der Waals surface area contributed by atoms with Gasteiger partial charge in [-0.3, -0.25) is 19.9 Å². The molecule has 0 aliphatic rings. The number of Topliss-reactive ketones (excluding diaryl/α,β-unsaturated/α-hetero) is 1. The van der Waals surface area contributed by atoms with Crippen LogP contribution in [-0.2, 0) is 0 Å². The van der Waals surface area contributed by atoms with Crippen LogP contribution in [0.2, 0.25) is 0 Å². The van der Waals surface area contributed by atoms with Crippen molar-refractivity contribution in [1.29, 1.82) is 0 Å². The first-order chi connectivity index (χ1) is 16.5. The van der Waals surface area contributed by atoms with E-state index in [1.807, 2.05) is 6.07 Å². The molecule has 9 nitrogen and oxygen atoms in total. The van der Waals surface area contributed by atoms with E-state index in [1.54, 1.807) is 24.4 Å². The van der Waals surface area contributed by atoms with Crippen molar-refractivity contribution in [1.82, 2.24) is 35.1 Å². The summed E-state index contributed by atoms with van der Waals surface area (Å²) in [6.45, 7) is 1.52. The maximum absolute atomic E-state index is 15.7. The number of nitrogens with zero attached hydrogens (tertiary/aromatic N) is 5. The highest BCUT2D eigenvalue weighted by molar-refractivity contribution is 7.17. The predicted molar refractivity (Wildman–Crippen MR) is 128 cm³/mol. The number of hydrogen-bond acceptors (Lipinski definition) is 8. The number of pyridine rings is 3. The Morgan fingerprint density at radius 2 is 2.03 bits per heavy atom. The first kappa shape index (κ1) is 20.1. The van der Waals surface area contributed by atoms with Crippen molar-refractivity contribution in [3.8, 4) is 33.2 Å². The fourth-order valence-corrected chi connectivity index (χ4v) is 4.72. The summed E-state index contributed by atoms with van der Waals surface area (Å²) in [6, 6.07) is 7.03. The second-order valence-corrected chi connectivity index (χ2v) is 8.74. The van der Waals surface area contributed by atoms with Gasteiger partial charge >= 0.3 is 0 Å². The van der Waals surface area contributed by atoms with Crippen molar-refractivity contribution in [3.05, 3.63) is 59.7 Å². The molecular formula is C23H15FN8OS. The van der Waals surface area contributed by atoms with Gasteiger partial charge in [-0.25, -0.2) is 14.4 Å². The summed E-state index contributed by atoms with van der Waals surface area (Å²) >= 11 is 1.35. The van der Waals surface area contributed by atoms with E-state index in [4.69, 9.17) is 10.7 Å². The van der Waals surface area contributed by atoms with Gasteiger partial charge in [0.25, 0.3) is 0 Å². The molecule has 0 fully saturated rings. The van der Waals surface area contributed by atoms with E-state index in [-0.39, 0.29) is 22.4 Å². The molecule has 0 amide bonds. The molecule has 6 aromatic rings. The molecule has 6 aromatic heterocycles. The SMILES string of the molecule is CC(=O)c1ccc(-c2nccc3[nH]c(-c4[nH]nc5ncc(-c6cncc(N)c6)c(F)c45)nc23)s1. The number of nitrogens with two attached hydrogens (primary N) is 1. The average Bonchev–Trinajstić information content (AvgIpc) is 3.56. The van der Waals surface area contributed by atoms with Crippen LogP contribution in [0.15, 0.2) is 49.1 Å². The van der Waals surface area contributed by atoms with Crippen LogP contribution in [0.5, 0.6) is 0 Å². The molecule has 0 atom stereocenters. The third-order valence-electron chi connectivity index (χ3n) is 5.41. The molecule has 0 saturated carbocycles. The van der Waals surface area contributed by atoms with Crippen molar-refractivity contribution in [3.63, 3.8) is 0 Å². The number of aromatic amines is 2. The zero-order valence-corrected chi connectivity index (χ0v) is 18.4. The summed E-state index contributed by atoms with van der Waals surface area (Å²) < 4.78 is 15.7.